The topological polar surface area (TPSA) is 52.7 Å². The van der Waals surface area contributed by atoms with Crippen LogP contribution in [0, 0.1) is 17.5 Å². The monoisotopic (exact) mass is 467 g/mol. The lowest BCUT2D eigenvalue weighted by Gasteiger charge is -2.35. The molecule has 1 aliphatic rings. The zero-order valence-electron chi connectivity index (χ0n) is 18.4. The van der Waals surface area contributed by atoms with Gasteiger partial charge < -0.3 is 15.1 Å². The lowest BCUT2D eigenvalue weighted by atomic mass is 10.0. The van der Waals surface area contributed by atoms with Gasteiger partial charge in [-0.3, -0.25) is 9.59 Å². The SMILES string of the molecule is O=C(CNCc1ccc(-c2ccccc2)cc1)N1CCN(C(=O)c2cc(F)c(F)c(F)c2)CC1. The van der Waals surface area contributed by atoms with Crippen molar-refractivity contribution >= 4 is 11.8 Å². The molecule has 0 aromatic heterocycles. The number of carbonyl (C=O) groups is 2. The lowest BCUT2D eigenvalue weighted by Crippen LogP contribution is -2.52. The number of nitrogens with one attached hydrogen (secondary N) is 1. The molecule has 0 atom stereocenters. The summed E-state index contributed by atoms with van der Waals surface area (Å²) in [4.78, 5) is 28.1. The number of benzene rings is 3. The largest absolute Gasteiger partial charge is 0.338 e. The van der Waals surface area contributed by atoms with Crippen molar-refractivity contribution in [2.75, 3.05) is 32.7 Å². The van der Waals surface area contributed by atoms with Gasteiger partial charge in [-0.2, -0.15) is 0 Å². The molecule has 0 aliphatic carbocycles. The fourth-order valence-corrected chi connectivity index (χ4v) is 3.89. The van der Waals surface area contributed by atoms with Crippen molar-refractivity contribution < 1.29 is 22.8 Å². The summed E-state index contributed by atoms with van der Waals surface area (Å²) >= 11 is 0. The van der Waals surface area contributed by atoms with Gasteiger partial charge in [0.15, 0.2) is 17.5 Å². The summed E-state index contributed by atoms with van der Waals surface area (Å²) in [5, 5.41) is 3.14. The van der Waals surface area contributed by atoms with Crippen molar-refractivity contribution in [3.63, 3.8) is 0 Å². The molecule has 1 N–H and O–H groups in total. The molecule has 0 radical (unpaired) electrons. The maximum absolute atomic E-state index is 13.4. The summed E-state index contributed by atoms with van der Waals surface area (Å²) in [6, 6.07) is 19.6. The molecule has 1 heterocycles. The van der Waals surface area contributed by atoms with Crippen LogP contribution in [0.5, 0.6) is 0 Å². The van der Waals surface area contributed by atoms with E-state index in [1.807, 2.05) is 42.5 Å². The normalized spacial score (nSPS) is 13.7. The minimum absolute atomic E-state index is 0.0909. The number of carbonyl (C=O) groups excluding carboxylic acids is 2. The Morgan fingerprint density at radius 1 is 0.765 bits per heavy atom. The third-order valence-corrected chi connectivity index (χ3v) is 5.82. The van der Waals surface area contributed by atoms with Crippen LogP contribution in [0.25, 0.3) is 11.1 Å². The minimum atomic E-state index is -1.60. The fourth-order valence-electron chi connectivity index (χ4n) is 3.89. The number of amides is 2. The van der Waals surface area contributed by atoms with E-state index in [4.69, 9.17) is 0 Å². The Labute approximate surface area is 195 Å². The molecule has 8 heteroatoms. The van der Waals surface area contributed by atoms with Crippen LogP contribution in [0.3, 0.4) is 0 Å². The van der Waals surface area contributed by atoms with Crippen LogP contribution in [0.2, 0.25) is 0 Å². The fraction of sp³-hybridized carbons (Fsp3) is 0.231. The van der Waals surface area contributed by atoms with Gasteiger partial charge in [-0.25, -0.2) is 13.2 Å². The molecule has 34 heavy (non-hydrogen) atoms. The molecular weight excluding hydrogens is 443 g/mol. The minimum Gasteiger partial charge on any atom is -0.338 e. The Morgan fingerprint density at radius 3 is 1.94 bits per heavy atom. The second-order valence-corrected chi connectivity index (χ2v) is 8.09. The Bertz CT molecular complexity index is 1140. The summed E-state index contributed by atoms with van der Waals surface area (Å²) in [6.45, 7) is 1.77. The Balaban J connectivity index is 1.23. The lowest BCUT2D eigenvalue weighted by molar-refractivity contribution is -0.131. The van der Waals surface area contributed by atoms with Gasteiger partial charge in [0, 0.05) is 38.3 Å². The third-order valence-electron chi connectivity index (χ3n) is 5.82. The quantitative estimate of drug-likeness (QED) is 0.561. The molecule has 2 amide bonds. The molecule has 3 aromatic carbocycles. The van der Waals surface area contributed by atoms with Gasteiger partial charge in [0.05, 0.1) is 6.54 Å². The molecule has 1 aliphatic heterocycles. The second-order valence-electron chi connectivity index (χ2n) is 8.09. The second kappa shape index (κ2) is 10.5. The zero-order chi connectivity index (χ0) is 24.1. The van der Waals surface area contributed by atoms with Crippen LogP contribution in [-0.4, -0.2) is 54.3 Å². The van der Waals surface area contributed by atoms with Gasteiger partial charge in [-0.15, -0.1) is 0 Å². The van der Waals surface area contributed by atoms with E-state index in [2.05, 4.69) is 17.4 Å². The molecule has 3 aromatic rings. The van der Waals surface area contributed by atoms with Crippen molar-refractivity contribution in [3.05, 3.63) is 95.3 Å². The van der Waals surface area contributed by atoms with Crippen molar-refractivity contribution in [2.24, 2.45) is 0 Å². The number of hydrogen-bond acceptors (Lipinski definition) is 3. The number of rotatable bonds is 6. The van der Waals surface area contributed by atoms with Crippen molar-refractivity contribution in [2.45, 2.75) is 6.54 Å². The van der Waals surface area contributed by atoms with Crippen LogP contribution in [-0.2, 0) is 11.3 Å². The van der Waals surface area contributed by atoms with E-state index in [0.717, 1.165) is 16.7 Å². The standard InChI is InChI=1S/C26H24F3N3O2/c27-22-14-21(15-23(28)25(22)29)26(34)32-12-10-31(11-13-32)24(33)17-30-16-18-6-8-20(9-7-18)19-4-2-1-3-5-19/h1-9,14-15,30H,10-13,16-17H2. The Kier molecular flexibility index (Phi) is 7.27. The summed E-state index contributed by atoms with van der Waals surface area (Å²) in [5.74, 6) is -5.10. The van der Waals surface area contributed by atoms with Gasteiger partial charge in [0.1, 0.15) is 0 Å². The van der Waals surface area contributed by atoms with Crippen LogP contribution >= 0.6 is 0 Å². The highest BCUT2D eigenvalue weighted by molar-refractivity contribution is 5.94. The number of halogens is 3. The zero-order valence-corrected chi connectivity index (χ0v) is 18.4. The van der Waals surface area contributed by atoms with Crippen LogP contribution in [0.15, 0.2) is 66.7 Å². The highest BCUT2D eigenvalue weighted by atomic mass is 19.2. The first-order valence-electron chi connectivity index (χ1n) is 11.0. The highest BCUT2D eigenvalue weighted by Gasteiger charge is 2.26. The van der Waals surface area contributed by atoms with E-state index in [1.165, 1.54) is 4.90 Å². The summed E-state index contributed by atoms with van der Waals surface area (Å²) in [5.41, 5.74) is 3.07. The van der Waals surface area contributed by atoms with Crippen LogP contribution in [0.1, 0.15) is 15.9 Å². The van der Waals surface area contributed by atoms with Gasteiger partial charge in [-0.05, 0) is 28.8 Å². The van der Waals surface area contributed by atoms with Crippen LogP contribution < -0.4 is 5.32 Å². The van der Waals surface area contributed by atoms with Crippen molar-refractivity contribution in [1.82, 2.24) is 15.1 Å². The number of hydrogen-bond donors (Lipinski definition) is 1. The maximum Gasteiger partial charge on any atom is 0.254 e. The first-order chi connectivity index (χ1) is 16.4. The van der Waals surface area contributed by atoms with E-state index in [1.54, 1.807) is 4.90 Å². The van der Waals surface area contributed by atoms with E-state index in [0.29, 0.717) is 31.8 Å². The molecule has 0 saturated carbocycles. The molecular formula is C26H24F3N3O2. The first kappa shape index (κ1) is 23.5. The molecule has 0 unspecified atom stereocenters. The van der Waals surface area contributed by atoms with E-state index in [-0.39, 0.29) is 31.1 Å². The summed E-state index contributed by atoms with van der Waals surface area (Å²) < 4.78 is 40.0. The Hall–Kier alpha value is -3.65. The average molecular weight is 467 g/mol. The van der Waals surface area contributed by atoms with E-state index < -0.39 is 23.4 Å². The van der Waals surface area contributed by atoms with Gasteiger partial charge in [0.2, 0.25) is 5.91 Å². The number of piperazine rings is 1. The number of nitrogens with zero attached hydrogens (tertiary/aromatic N) is 2. The predicted molar refractivity (Wildman–Crippen MR) is 122 cm³/mol. The van der Waals surface area contributed by atoms with Crippen molar-refractivity contribution in [3.8, 4) is 11.1 Å². The van der Waals surface area contributed by atoms with Gasteiger partial charge >= 0.3 is 0 Å². The summed E-state index contributed by atoms with van der Waals surface area (Å²) in [7, 11) is 0. The molecule has 1 fully saturated rings. The smallest absolute Gasteiger partial charge is 0.254 e. The molecule has 176 valence electrons. The van der Waals surface area contributed by atoms with Gasteiger partial charge in [-0.1, -0.05) is 54.6 Å². The maximum atomic E-state index is 13.4. The average Bonchev–Trinajstić information content (AvgIpc) is 2.87. The van der Waals surface area contributed by atoms with Crippen molar-refractivity contribution in [1.29, 1.82) is 0 Å². The third kappa shape index (κ3) is 5.46. The molecule has 4 rings (SSSR count). The molecule has 5 nitrogen and oxygen atoms in total. The van der Waals surface area contributed by atoms with Gasteiger partial charge in [0.25, 0.3) is 5.91 Å². The molecule has 0 bridgehead atoms. The van der Waals surface area contributed by atoms with Crippen LogP contribution in [0.4, 0.5) is 13.2 Å². The first-order valence-corrected chi connectivity index (χ1v) is 11.0. The molecule has 1 saturated heterocycles. The van der Waals surface area contributed by atoms with E-state index >= 15 is 0 Å². The molecule has 0 spiro atoms. The Morgan fingerprint density at radius 2 is 1.32 bits per heavy atom. The van der Waals surface area contributed by atoms with E-state index in [9.17, 15) is 22.8 Å². The highest BCUT2D eigenvalue weighted by Crippen LogP contribution is 2.19. The summed E-state index contributed by atoms with van der Waals surface area (Å²) in [6.07, 6.45) is 0. The predicted octanol–water partition coefficient (Wildman–Crippen LogP) is 3.85.